The van der Waals surface area contributed by atoms with Crippen LogP contribution >= 0.6 is 0 Å². The Morgan fingerprint density at radius 2 is 1.52 bits per heavy atom. The summed E-state index contributed by atoms with van der Waals surface area (Å²) < 4.78 is 0. The molecule has 0 saturated carbocycles. The lowest BCUT2D eigenvalue weighted by Gasteiger charge is -2.09. The molecule has 2 aromatic carbocycles. The predicted molar refractivity (Wildman–Crippen MR) is 91.6 cm³/mol. The quantitative estimate of drug-likeness (QED) is 0.524. The van der Waals surface area contributed by atoms with E-state index in [4.69, 9.17) is 21.4 Å². The van der Waals surface area contributed by atoms with Crippen molar-refractivity contribution in [1.29, 1.82) is 0 Å². The zero-order chi connectivity index (χ0) is 16.0. The maximum absolute atomic E-state index is 6.02. The summed E-state index contributed by atoms with van der Waals surface area (Å²) in [5.74, 6) is 0.471. The fourth-order valence-electron chi connectivity index (χ4n) is 2.74. The highest BCUT2D eigenvalue weighted by atomic mass is 15.0. The summed E-state index contributed by atoms with van der Waals surface area (Å²) in [6, 6.07) is 13.7. The summed E-state index contributed by atoms with van der Waals surface area (Å²) >= 11 is 0. The van der Waals surface area contributed by atoms with Crippen molar-refractivity contribution in [2.75, 3.05) is 11.5 Å². The summed E-state index contributed by atoms with van der Waals surface area (Å²) in [5.41, 5.74) is 16.5. The molecule has 0 fully saturated rings. The van der Waals surface area contributed by atoms with E-state index in [1.54, 1.807) is 0 Å². The van der Waals surface area contributed by atoms with Gasteiger partial charge in [0.2, 0.25) is 5.95 Å². The van der Waals surface area contributed by atoms with Crippen LogP contribution in [0.2, 0.25) is 0 Å². The Morgan fingerprint density at radius 1 is 0.783 bits per heavy atom. The first kappa shape index (κ1) is 13.4. The first-order chi connectivity index (χ1) is 11.1. The molecule has 0 unspecified atom stereocenters. The van der Waals surface area contributed by atoms with Crippen LogP contribution in [0.25, 0.3) is 33.2 Å². The van der Waals surface area contributed by atoms with Crippen molar-refractivity contribution >= 4 is 33.7 Å². The van der Waals surface area contributed by atoms with Gasteiger partial charge in [0.05, 0.1) is 27.8 Å². The summed E-state index contributed by atoms with van der Waals surface area (Å²) in [5, 5.41) is 0.687. The fourth-order valence-corrected chi connectivity index (χ4v) is 2.74. The van der Waals surface area contributed by atoms with E-state index in [0.717, 1.165) is 22.5 Å². The Morgan fingerprint density at radius 3 is 2.30 bits per heavy atom. The van der Waals surface area contributed by atoms with Gasteiger partial charge in [0.15, 0.2) is 0 Å². The molecule has 6 heteroatoms. The predicted octanol–water partition coefficient (Wildman–Crippen LogP) is 2.71. The lowest BCUT2D eigenvalue weighted by Crippen LogP contribution is -2.02. The Labute approximate surface area is 132 Å². The fraction of sp³-hybridized carbons (Fsp3) is 0.0588. The van der Waals surface area contributed by atoms with Gasteiger partial charge in [-0.05, 0) is 19.1 Å². The molecule has 0 radical (unpaired) electrons. The SMILES string of the molecule is Cc1nc2c(ccc3nc(N)nc(N)c32)nc1-c1ccccc1. The van der Waals surface area contributed by atoms with Crippen molar-refractivity contribution in [2.45, 2.75) is 6.92 Å². The van der Waals surface area contributed by atoms with Gasteiger partial charge in [-0.25, -0.2) is 15.0 Å². The highest BCUT2D eigenvalue weighted by Crippen LogP contribution is 2.29. The number of nitrogens with zero attached hydrogens (tertiary/aromatic N) is 4. The van der Waals surface area contributed by atoms with Crippen LogP contribution in [0.4, 0.5) is 11.8 Å². The number of fused-ring (bicyclic) bond motifs is 3. The average Bonchev–Trinajstić information content (AvgIpc) is 2.54. The minimum atomic E-state index is 0.153. The molecule has 0 aliphatic rings. The van der Waals surface area contributed by atoms with Crippen molar-refractivity contribution < 1.29 is 0 Å². The second-order valence-corrected chi connectivity index (χ2v) is 5.32. The Hall–Kier alpha value is -3.28. The number of rotatable bonds is 1. The number of nitrogens with two attached hydrogens (primary N) is 2. The molecule has 0 saturated heterocycles. The van der Waals surface area contributed by atoms with E-state index >= 15 is 0 Å². The Bertz CT molecular complexity index is 1040. The zero-order valence-electron chi connectivity index (χ0n) is 12.5. The van der Waals surface area contributed by atoms with Crippen molar-refractivity contribution in [3.05, 3.63) is 48.2 Å². The molecule has 4 aromatic rings. The van der Waals surface area contributed by atoms with E-state index < -0.39 is 0 Å². The van der Waals surface area contributed by atoms with Crippen molar-refractivity contribution in [3.8, 4) is 11.3 Å². The molecule has 0 aliphatic heterocycles. The molecule has 4 N–H and O–H groups in total. The molecular formula is C17H14N6. The van der Waals surface area contributed by atoms with E-state index in [2.05, 4.69) is 9.97 Å². The van der Waals surface area contributed by atoms with Gasteiger partial charge < -0.3 is 11.5 Å². The van der Waals surface area contributed by atoms with Gasteiger partial charge in [0, 0.05) is 5.56 Å². The highest BCUT2D eigenvalue weighted by Gasteiger charge is 2.13. The van der Waals surface area contributed by atoms with Crippen molar-refractivity contribution in [3.63, 3.8) is 0 Å². The molecule has 6 nitrogen and oxygen atoms in total. The second kappa shape index (κ2) is 4.88. The average molecular weight is 302 g/mol. The molecule has 4 rings (SSSR count). The minimum Gasteiger partial charge on any atom is -0.383 e. The lowest BCUT2D eigenvalue weighted by molar-refractivity contribution is 1.19. The van der Waals surface area contributed by atoms with Crippen LogP contribution in [-0.4, -0.2) is 19.9 Å². The maximum atomic E-state index is 6.02. The molecule has 0 aliphatic carbocycles. The Kier molecular flexibility index (Phi) is 2.84. The first-order valence-electron chi connectivity index (χ1n) is 7.19. The second-order valence-electron chi connectivity index (χ2n) is 5.32. The van der Waals surface area contributed by atoms with E-state index in [1.165, 1.54) is 0 Å². The Balaban J connectivity index is 2.07. The molecule has 0 bridgehead atoms. The standard InChI is InChI=1S/C17H14N6/c1-9-14(10-5-3-2-4-6-10)21-12-8-7-11-13(15(12)20-9)16(18)23-17(19)22-11/h2-8H,1H3,(H4,18,19,22,23). The van der Waals surface area contributed by atoms with Gasteiger partial charge in [0.1, 0.15) is 11.3 Å². The van der Waals surface area contributed by atoms with Gasteiger partial charge in [-0.15, -0.1) is 0 Å². The van der Waals surface area contributed by atoms with Gasteiger partial charge >= 0.3 is 0 Å². The largest absolute Gasteiger partial charge is 0.383 e. The normalized spacial score (nSPS) is 11.2. The summed E-state index contributed by atoms with van der Waals surface area (Å²) in [6.45, 7) is 1.93. The van der Waals surface area contributed by atoms with Crippen LogP contribution in [0.15, 0.2) is 42.5 Å². The van der Waals surface area contributed by atoms with Crippen molar-refractivity contribution in [1.82, 2.24) is 19.9 Å². The maximum Gasteiger partial charge on any atom is 0.222 e. The summed E-state index contributed by atoms with van der Waals surface area (Å²) in [7, 11) is 0. The number of hydrogen-bond donors (Lipinski definition) is 2. The van der Waals surface area contributed by atoms with Gasteiger partial charge in [-0.1, -0.05) is 30.3 Å². The van der Waals surface area contributed by atoms with Crippen molar-refractivity contribution in [2.24, 2.45) is 0 Å². The topological polar surface area (TPSA) is 104 Å². The van der Waals surface area contributed by atoms with Crippen LogP contribution in [0.3, 0.4) is 0 Å². The molecular weight excluding hydrogens is 288 g/mol. The van der Waals surface area contributed by atoms with Gasteiger partial charge in [-0.3, -0.25) is 0 Å². The van der Waals surface area contributed by atoms with Gasteiger partial charge in [0.25, 0.3) is 0 Å². The number of aromatic nitrogens is 4. The number of aryl methyl sites for hydroxylation is 1. The first-order valence-corrected chi connectivity index (χ1v) is 7.19. The summed E-state index contributed by atoms with van der Waals surface area (Å²) in [6.07, 6.45) is 0. The molecule has 0 spiro atoms. The number of anilines is 2. The molecule has 2 aromatic heterocycles. The van der Waals surface area contributed by atoms with E-state index in [9.17, 15) is 0 Å². The minimum absolute atomic E-state index is 0.153. The number of hydrogen-bond acceptors (Lipinski definition) is 6. The molecule has 0 amide bonds. The van der Waals surface area contributed by atoms with E-state index in [1.807, 2.05) is 49.4 Å². The van der Waals surface area contributed by atoms with Crippen LogP contribution in [-0.2, 0) is 0 Å². The van der Waals surface area contributed by atoms with Crippen LogP contribution in [0.1, 0.15) is 5.69 Å². The molecule has 0 atom stereocenters. The smallest absolute Gasteiger partial charge is 0.222 e. The number of nitrogen functional groups attached to an aromatic ring is 2. The van der Waals surface area contributed by atoms with Crippen LogP contribution in [0, 0.1) is 6.92 Å². The highest BCUT2D eigenvalue weighted by molar-refractivity contribution is 6.08. The van der Waals surface area contributed by atoms with E-state index in [-0.39, 0.29) is 5.95 Å². The molecule has 112 valence electrons. The summed E-state index contributed by atoms with van der Waals surface area (Å²) in [4.78, 5) is 17.7. The third-order valence-electron chi connectivity index (χ3n) is 3.76. The number of benzene rings is 2. The third-order valence-corrected chi connectivity index (χ3v) is 3.76. The van der Waals surface area contributed by atoms with E-state index in [0.29, 0.717) is 22.2 Å². The van der Waals surface area contributed by atoms with Crippen LogP contribution < -0.4 is 11.5 Å². The van der Waals surface area contributed by atoms with Gasteiger partial charge in [-0.2, -0.15) is 4.98 Å². The monoisotopic (exact) mass is 302 g/mol. The van der Waals surface area contributed by atoms with Crippen LogP contribution in [0.5, 0.6) is 0 Å². The third kappa shape index (κ3) is 2.12. The molecule has 2 heterocycles. The zero-order valence-corrected chi connectivity index (χ0v) is 12.5. The molecule has 23 heavy (non-hydrogen) atoms. The lowest BCUT2D eigenvalue weighted by atomic mass is 10.1.